The number of hydrogen-bond donors (Lipinski definition) is 0. The van der Waals surface area contributed by atoms with Gasteiger partial charge in [0.25, 0.3) is 0 Å². The predicted molar refractivity (Wildman–Crippen MR) is 150 cm³/mol. The number of halogens is 1. The standard InChI is InChI=1S/C29H51FO11/c30-6-7-31-8-9-32-10-11-33-12-13-34-14-15-35-16-17-36-18-19-37-20-21-38-22-23-39-24-25-40-26-27-41-28-29-4-2-1-3-5-29/h1-5H,6-28H2. The van der Waals surface area contributed by atoms with Crippen molar-refractivity contribution in [2.24, 2.45) is 0 Å². The van der Waals surface area contributed by atoms with E-state index in [9.17, 15) is 4.39 Å². The molecule has 0 heterocycles. The van der Waals surface area contributed by atoms with E-state index in [1.165, 1.54) is 0 Å². The van der Waals surface area contributed by atoms with Gasteiger partial charge in [-0.3, -0.25) is 0 Å². The second-order valence-corrected chi connectivity index (χ2v) is 8.35. The third kappa shape index (κ3) is 30.0. The molecule has 12 heteroatoms. The molecular formula is C29H51FO11. The topological polar surface area (TPSA) is 102 Å². The Labute approximate surface area is 244 Å². The van der Waals surface area contributed by atoms with Crippen molar-refractivity contribution in [1.29, 1.82) is 0 Å². The van der Waals surface area contributed by atoms with Crippen LogP contribution in [0.3, 0.4) is 0 Å². The molecule has 0 saturated carbocycles. The van der Waals surface area contributed by atoms with Crippen LogP contribution in [0.4, 0.5) is 4.39 Å². The van der Waals surface area contributed by atoms with E-state index in [2.05, 4.69) is 0 Å². The van der Waals surface area contributed by atoms with Gasteiger partial charge in [-0.25, -0.2) is 4.39 Å². The average Bonchev–Trinajstić information content (AvgIpc) is 3.00. The van der Waals surface area contributed by atoms with Gasteiger partial charge in [-0.1, -0.05) is 30.3 Å². The quantitative estimate of drug-likeness (QED) is 0.110. The summed E-state index contributed by atoms with van der Waals surface area (Å²) in [5.74, 6) is 0. The maximum absolute atomic E-state index is 11.8. The Morgan fingerprint density at radius 3 is 0.829 bits per heavy atom. The van der Waals surface area contributed by atoms with Crippen molar-refractivity contribution < 1.29 is 56.5 Å². The van der Waals surface area contributed by atoms with Gasteiger partial charge in [0.15, 0.2) is 0 Å². The molecule has 0 radical (unpaired) electrons. The van der Waals surface area contributed by atoms with Gasteiger partial charge >= 0.3 is 0 Å². The summed E-state index contributed by atoms with van der Waals surface area (Å²) >= 11 is 0. The molecule has 0 aliphatic rings. The minimum Gasteiger partial charge on any atom is -0.377 e. The van der Waals surface area contributed by atoms with Crippen LogP contribution < -0.4 is 0 Å². The number of rotatable bonds is 34. The lowest BCUT2D eigenvalue weighted by atomic mass is 10.2. The van der Waals surface area contributed by atoms with Crippen molar-refractivity contribution in [3.8, 4) is 0 Å². The molecule has 0 bridgehead atoms. The summed E-state index contributed by atoms with van der Waals surface area (Å²) in [6.45, 7) is 10.3. The number of hydrogen-bond acceptors (Lipinski definition) is 11. The summed E-state index contributed by atoms with van der Waals surface area (Å²) in [4.78, 5) is 0. The molecule has 0 unspecified atom stereocenters. The van der Waals surface area contributed by atoms with E-state index in [0.29, 0.717) is 139 Å². The van der Waals surface area contributed by atoms with Crippen LogP contribution in [0.5, 0.6) is 0 Å². The zero-order valence-electron chi connectivity index (χ0n) is 24.5. The highest BCUT2D eigenvalue weighted by Crippen LogP contribution is 2.00. The molecule has 0 saturated heterocycles. The molecule has 1 aromatic rings. The van der Waals surface area contributed by atoms with Crippen LogP contribution in [-0.2, 0) is 58.7 Å². The van der Waals surface area contributed by atoms with Crippen molar-refractivity contribution in [2.45, 2.75) is 6.61 Å². The van der Waals surface area contributed by atoms with Crippen LogP contribution in [0.15, 0.2) is 30.3 Å². The molecule has 0 amide bonds. The first-order valence-electron chi connectivity index (χ1n) is 14.4. The first-order chi connectivity index (χ1) is 20.4. The van der Waals surface area contributed by atoms with Gasteiger partial charge in [0, 0.05) is 0 Å². The molecule has 1 aromatic carbocycles. The fourth-order valence-corrected chi connectivity index (χ4v) is 3.02. The summed E-state index contributed by atoms with van der Waals surface area (Å²) in [6, 6.07) is 10.1. The van der Waals surface area contributed by atoms with E-state index in [4.69, 9.17) is 52.1 Å². The van der Waals surface area contributed by atoms with Gasteiger partial charge in [-0.15, -0.1) is 0 Å². The molecule has 11 nitrogen and oxygen atoms in total. The molecule has 0 aliphatic heterocycles. The van der Waals surface area contributed by atoms with Gasteiger partial charge in [-0.2, -0.15) is 0 Å². The van der Waals surface area contributed by atoms with E-state index in [-0.39, 0.29) is 6.61 Å². The van der Waals surface area contributed by atoms with Crippen molar-refractivity contribution in [1.82, 2.24) is 0 Å². The third-order valence-electron chi connectivity index (χ3n) is 5.05. The smallest absolute Gasteiger partial charge is 0.113 e. The van der Waals surface area contributed by atoms with E-state index < -0.39 is 6.67 Å². The van der Waals surface area contributed by atoms with Crippen molar-refractivity contribution in [2.75, 3.05) is 145 Å². The molecule has 0 fully saturated rings. The van der Waals surface area contributed by atoms with Crippen LogP contribution in [-0.4, -0.2) is 145 Å². The van der Waals surface area contributed by atoms with Gasteiger partial charge < -0.3 is 52.1 Å². The third-order valence-corrected chi connectivity index (χ3v) is 5.05. The first-order valence-corrected chi connectivity index (χ1v) is 14.4. The average molecular weight is 595 g/mol. The van der Waals surface area contributed by atoms with E-state index in [1.54, 1.807) is 0 Å². The van der Waals surface area contributed by atoms with Crippen LogP contribution in [0.25, 0.3) is 0 Å². The minimum atomic E-state index is -0.473. The molecule has 240 valence electrons. The molecule has 0 N–H and O–H groups in total. The highest BCUT2D eigenvalue weighted by molar-refractivity contribution is 5.13. The lowest BCUT2D eigenvalue weighted by Gasteiger charge is -2.09. The van der Waals surface area contributed by atoms with Gasteiger partial charge in [0.05, 0.1) is 145 Å². The molecular weight excluding hydrogens is 543 g/mol. The summed E-state index contributed by atoms with van der Waals surface area (Å²) in [7, 11) is 0. The highest BCUT2D eigenvalue weighted by atomic mass is 19.1. The summed E-state index contributed by atoms with van der Waals surface area (Å²) in [6.07, 6.45) is 0. The van der Waals surface area contributed by atoms with Crippen molar-refractivity contribution in [3.63, 3.8) is 0 Å². The fraction of sp³-hybridized carbons (Fsp3) is 0.793. The zero-order chi connectivity index (χ0) is 29.2. The lowest BCUT2D eigenvalue weighted by Crippen LogP contribution is -2.15. The maximum Gasteiger partial charge on any atom is 0.113 e. The SMILES string of the molecule is FCCOCCOCCOCCOCCOCCOCCOCCOCCOCCOCCOCc1ccccc1. The first kappa shape index (κ1) is 37.7. The number of alkyl halides is 1. The minimum absolute atomic E-state index is 0.115. The normalized spacial score (nSPS) is 11.4. The molecule has 1 rings (SSSR count). The number of benzene rings is 1. The maximum atomic E-state index is 11.8. The lowest BCUT2D eigenvalue weighted by molar-refractivity contribution is -0.0278. The summed E-state index contributed by atoms with van der Waals surface area (Å²) in [5, 5.41) is 0. The molecule has 0 aliphatic carbocycles. The Morgan fingerprint density at radius 1 is 0.317 bits per heavy atom. The predicted octanol–water partition coefficient (Wildman–Crippen LogP) is 2.34. The highest BCUT2D eigenvalue weighted by Gasteiger charge is 1.96. The monoisotopic (exact) mass is 594 g/mol. The fourth-order valence-electron chi connectivity index (χ4n) is 3.02. The van der Waals surface area contributed by atoms with Gasteiger partial charge in [0.2, 0.25) is 0 Å². The van der Waals surface area contributed by atoms with Crippen molar-refractivity contribution >= 4 is 0 Å². The second kappa shape index (κ2) is 33.2. The zero-order valence-corrected chi connectivity index (χ0v) is 24.5. The Hall–Kier alpha value is -1.29. The van der Waals surface area contributed by atoms with Gasteiger partial charge in [-0.05, 0) is 5.56 Å². The van der Waals surface area contributed by atoms with Crippen LogP contribution in [0, 0.1) is 0 Å². The Morgan fingerprint density at radius 2 is 0.561 bits per heavy atom. The number of ether oxygens (including phenoxy) is 11. The molecule has 0 spiro atoms. The van der Waals surface area contributed by atoms with Crippen molar-refractivity contribution in [3.05, 3.63) is 35.9 Å². The van der Waals surface area contributed by atoms with E-state index >= 15 is 0 Å². The largest absolute Gasteiger partial charge is 0.377 e. The summed E-state index contributed by atoms with van der Waals surface area (Å²) in [5.41, 5.74) is 1.16. The Balaban J connectivity index is 1.61. The van der Waals surface area contributed by atoms with Crippen LogP contribution in [0.1, 0.15) is 5.56 Å². The molecule has 0 aromatic heterocycles. The Kier molecular flexibility index (Phi) is 30.6. The van der Waals surface area contributed by atoms with E-state index in [1.807, 2.05) is 30.3 Å². The summed E-state index contributed by atoms with van der Waals surface area (Å²) < 4.78 is 71.2. The molecule has 0 atom stereocenters. The molecule has 41 heavy (non-hydrogen) atoms. The second-order valence-electron chi connectivity index (χ2n) is 8.35. The van der Waals surface area contributed by atoms with Crippen LogP contribution in [0.2, 0.25) is 0 Å². The van der Waals surface area contributed by atoms with Gasteiger partial charge in [0.1, 0.15) is 6.67 Å². The van der Waals surface area contributed by atoms with E-state index in [0.717, 1.165) is 5.56 Å². The van der Waals surface area contributed by atoms with Crippen LogP contribution >= 0.6 is 0 Å². The Bertz CT molecular complexity index is 616.